The predicted octanol–water partition coefficient (Wildman–Crippen LogP) is 14.1. The van der Waals surface area contributed by atoms with E-state index in [9.17, 15) is 0 Å². The number of hydrogen-bond acceptors (Lipinski definition) is 0. The molecule has 11 aromatic rings. The molecule has 0 spiro atoms. The zero-order chi connectivity index (χ0) is 41.2. The topological polar surface area (TPSA) is 0 Å². The summed E-state index contributed by atoms with van der Waals surface area (Å²) in [6, 6.07) is 94.3. The van der Waals surface area contributed by atoms with Gasteiger partial charge in [0.25, 0.3) is 0 Å². The van der Waals surface area contributed by atoms with Crippen LogP contribution < -0.4 is 31.8 Å². The van der Waals surface area contributed by atoms with E-state index in [1.54, 1.807) is 0 Å². The van der Waals surface area contributed by atoms with Crippen LogP contribution in [0, 0.1) is 6.07 Å². The van der Waals surface area contributed by atoms with Crippen molar-refractivity contribution < 1.29 is 20.4 Å². The Labute approximate surface area is 406 Å². The maximum absolute atomic E-state index is 3.83. The summed E-state index contributed by atoms with van der Waals surface area (Å²) in [5, 5.41) is 18.3. The van der Waals surface area contributed by atoms with E-state index in [4.69, 9.17) is 0 Å². The summed E-state index contributed by atoms with van der Waals surface area (Å²) in [6.45, 7) is 0. The van der Waals surface area contributed by atoms with Crippen LogP contribution in [0.4, 0.5) is 0 Å². The van der Waals surface area contributed by atoms with Crippen LogP contribution in [0.1, 0.15) is 0 Å². The number of halogens is 2. The van der Waals surface area contributed by atoms with E-state index in [2.05, 4.69) is 277 Å². The van der Waals surface area contributed by atoms with Crippen LogP contribution in [0.5, 0.6) is 0 Å². The van der Waals surface area contributed by atoms with Crippen LogP contribution in [0.25, 0.3) is 43.1 Å². The maximum atomic E-state index is 3.83. The minimum absolute atomic E-state index is 0. The first-order chi connectivity index (χ1) is 30.2. The molecule has 0 amide bonds. The summed E-state index contributed by atoms with van der Waals surface area (Å²) < 4.78 is 1.15. The Bertz CT molecular complexity index is 2740. The van der Waals surface area contributed by atoms with Gasteiger partial charge in [-0.15, -0.1) is 17.0 Å². The minimum atomic E-state index is -0.877. The molecule has 0 atom stereocenters. The fourth-order valence-corrected chi connectivity index (χ4v) is 13.4. The Morgan fingerprint density at radius 1 is 0.333 bits per heavy atom. The Kier molecular flexibility index (Phi) is 16.4. The van der Waals surface area contributed by atoms with Gasteiger partial charge < -0.3 is 0 Å². The summed E-state index contributed by atoms with van der Waals surface area (Å²) >= 11 is 3.83. The normalized spacial score (nSPS) is 10.7. The molecule has 0 aliphatic carbocycles. The van der Waals surface area contributed by atoms with Gasteiger partial charge in [-0.2, -0.15) is 0 Å². The molecule has 0 aromatic heterocycles. The van der Waals surface area contributed by atoms with Crippen molar-refractivity contribution in [3.05, 3.63) is 265 Å². The Morgan fingerprint density at radius 2 is 0.587 bits per heavy atom. The molecule has 11 rings (SSSR count). The zero-order valence-electron chi connectivity index (χ0n) is 34.3. The molecule has 11 aromatic carbocycles. The van der Waals surface area contributed by atoms with Crippen LogP contribution in [-0.2, 0) is 20.4 Å². The van der Waals surface area contributed by atoms with Gasteiger partial charge in [0.15, 0.2) is 0 Å². The fraction of sp³-hybridized carbons (Fsp3) is 0. The van der Waals surface area contributed by atoms with Crippen LogP contribution >= 0.6 is 48.8 Å². The third kappa shape index (κ3) is 11.0. The standard InChI is InChI=1S/C22H12Br.2C18H15P.BrH.Pd/c23-22-20-12-16-7-3-1-5-14(16)9-18(20)11-19-10-15-6-2-4-8-17(15)13-21(19)22;2*1-4-10-16(11-5-1)19(17-12-6-2-7-13-17)18-14-8-3-9-15-18;;/h1-10,12-13H;2*1-15H;1H;/p+1. The molecule has 1 radical (unpaired) electrons. The molecule has 0 unspecified atom stereocenters. The molecule has 0 nitrogen and oxygen atoms in total. The van der Waals surface area contributed by atoms with Crippen LogP contribution in [0.2, 0.25) is 0 Å². The van der Waals surface area contributed by atoms with E-state index < -0.39 is 15.8 Å². The molecule has 0 heterocycles. The Balaban J connectivity index is 0.000000141. The average Bonchev–Trinajstić information content (AvgIpc) is 3.33. The van der Waals surface area contributed by atoms with E-state index >= 15 is 0 Å². The summed E-state index contributed by atoms with van der Waals surface area (Å²) in [6.07, 6.45) is 0. The summed E-state index contributed by atoms with van der Waals surface area (Å²) in [4.78, 5) is 0. The van der Waals surface area contributed by atoms with Crippen molar-refractivity contribution in [3.8, 4) is 0 Å². The smallest absolute Gasteiger partial charge is 0.102 e. The summed E-state index contributed by atoms with van der Waals surface area (Å²) in [7, 11) is -1.32. The molecule has 0 saturated heterocycles. The van der Waals surface area contributed by atoms with Gasteiger partial charge >= 0.3 is 0 Å². The largest absolute Gasteiger partial charge is 0.114 e. The molecule has 0 N–H and O–H groups in total. The van der Waals surface area contributed by atoms with E-state index in [1.807, 2.05) is 0 Å². The Hall–Kier alpha value is -5.06. The van der Waals surface area contributed by atoms with Crippen molar-refractivity contribution in [1.29, 1.82) is 0 Å². The van der Waals surface area contributed by atoms with Gasteiger partial charge in [0.05, 0.1) is 7.92 Å². The second-order valence-electron chi connectivity index (χ2n) is 14.7. The molecule has 63 heavy (non-hydrogen) atoms. The molecule has 0 aliphatic rings. The fourth-order valence-electron chi connectivity index (χ4n) is 7.83. The second kappa shape index (κ2) is 22.5. The van der Waals surface area contributed by atoms with E-state index in [1.165, 1.54) is 64.1 Å². The van der Waals surface area contributed by atoms with Gasteiger partial charge in [-0.1, -0.05) is 194 Å². The number of fused-ring (bicyclic) bond motifs is 4. The third-order valence-electron chi connectivity index (χ3n) is 10.7. The predicted molar refractivity (Wildman–Crippen MR) is 285 cm³/mol. The Morgan fingerprint density at radius 3 is 0.889 bits per heavy atom. The second-order valence-corrected chi connectivity index (χ2v) is 20.2. The van der Waals surface area contributed by atoms with Gasteiger partial charge in [-0.3, -0.25) is 0 Å². The van der Waals surface area contributed by atoms with Gasteiger partial charge in [-0.05, 0) is 150 Å². The van der Waals surface area contributed by atoms with Crippen molar-refractivity contribution in [3.63, 3.8) is 0 Å². The summed E-state index contributed by atoms with van der Waals surface area (Å²) in [5.41, 5.74) is 0. The van der Waals surface area contributed by atoms with E-state index in [0.29, 0.717) is 0 Å². The van der Waals surface area contributed by atoms with Crippen molar-refractivity contribution in [2.24, 2.45) is 0 Å². The molecular formula is C58H44Br2P2Pd+. The molecular weight excluding hydrogens is 1020 g/mol. The number of rotatable bonds is 6. The zero-order valence-corrected chi connectivity index (χ0v) is 41.0. The first-order valence-corrected chi connectivity index (χ1v) is 24.2. The molecule has 309 valence electrons. The molecule has 5 heteroatoms. The number of hydrogen-bond donors (Lipinski definition) is 0. The van der Waals surface area contributed by atoms with Gasteiger partial charge in [0.1, 0.15) is 15.9 Å². The van der Waals surface area contributed by atoms with Crippen LogP contribution in [0.15, 0.2) is 259 Å². The van der Waals surface area contributed by atoms with Gasteiger partial charge in [0.2, 0.25) is 0 Å². The molecule has 0 bridgehead atoms. The summed E-state index contributed by atoms with van der Waals surface area (Å²) in [5.74, 6) is 0. The van der Waals surface area contributed by atoms with Crippen LogP contribution in [0.3, 0.4) is 0 Å². The first-order valence-electron chi connectivity index (χ1n) is 20.5. The van der Waals surface area contributed by atoms with Crippen LogP contribution in [-0.4, -0.2) is 0 Å². The van der Waals surface area contributed by atoms with Gasteiger partial charge in [0, 0.05) is 24.9 Å². The minimum Gasteiger partial charge on any atom is -0.114 e. The average molecular weight is 1070 g/mol. The van der Waals surface area contributed by atoms with Crippen molar-refractivity contribution in [2.75, 3.05) is 0 Å². The third-order valence-corrected chi connectivity index (χ3v) is 16.8. The maximum Gasteiger partial charge on any atom is 0.102 e. The van der Waals surface area contributed by atoms with Gasteiger partial charge in [-0.25, -0.2) is 0 Å². The quantitative estimate of drug-likeness (QED) is 0.0884. The molecule has 0 saturated carbocycles. The molecule has 0 aliphatic heterocycles. The van der Waals surface area contributed by atoms with Crippen molar-refractivity contribution in [1.82, 2.24) is 0 Å². The number of benzene rings is 11. The van der Waals surface area contributed by atoms with Crippen molar-refractivity contribution in [2.45, 2.75) is 0 Å². The van der Waals surface area contributed by atoms with E-state index in [-0.39, 0.29) is 37.4 Å². The SMILES string of the molecule is Br.Brc1c2cc3ccccc3cc2[c]c2cc3ccccc3cc12.[Pd].c1ccc(P(c2ccccc2)c2ccccc2)cc1.c1ccc([PH+](c2ccccc2)c2ccccc2)cc1. The van der Waals surface area contributed by atoms with Crippen molar-refractivity contribution >= 4 is 124 Å². The first kappa shape index (κ1) is 46.0. The molecule has 0 fully saturated rings. The monoisotopic (exact) mass is 1070 g/mol. The van der Waals surface area contributed by atoms with E-state index in [0.717, 1.165) is 15.2 Å².